The molecule has 2 rings (SSSR count). The first-order valence-corrected chi connectivity index (χ1v) is 7.81. The number of aryl methyl sites for hydroxylation is 1. The van der Waals surface area contributed by atoms with E-state index in [2.05, 4.69) is 49.3 Å². The molecule has 114 valence electrons. The van der Waals surface area contributed by atoms with E-state index in [1.165, 1.54) is 0 Å². The van der Waals surface area contributed by atoms with Crippen molar-refractivity contribution in [1.82, 2.24) is 19.9 Å². The molecule has 0 saturated carbocycles. The fourth-order valence-corrected chi connectivity index (χ4v) is 2.59. The Morgan fingerprint density at radius 3 is 2.43 bits per heavy atom. The molecule has 0 aliphatic rings. The van der Waals surface area contributed by atoms with Gasteiger partial charge in [-0.25, -0.2) is 4.98 Å². The molecule has 0 bridgehead atoms. The molecule has 0 aliphatic heterocycles. The summed E-state index contributed by atoms with van der Waals surface area (Å²) in [7, 11) is 1.80. The number of nitrogens with one attached hydrogen (secondary N) is 2. The molecule has 0 aliphatic carbocycles. The van der Waals surface area contributed by atoms with Crippen molar-refractivity contribution in [2.75, 3.05) is 35.7 Å². The van der Waals surface area contributed by atoms with E-state index in [0.717, 1.165) is 23.0 Å². The molecular weight excluding hydrogens is 286 g/mol. The third-order valence-corrected chi connectivity index (χ3v) is 3.90. The molecule has 2 aromatic rings. The Bertz CT molecular complexity index is 580. The second-order valence-electron chi connectivity index (χ2n) is 4.40. The first kappa shape index (κ1) is 15.4. The number of hydrogen-bond donors (Lipinski definition) is 2. The van der Waals surface area contributed by atoms with E-state index in [-0.39, 0.29) is 0 Å². The van der Waals surface area contributed by atoms with Gasteiger partial charge in [0.15, 0.2) is 0 Å². The first-order chi connectivity index (χ1) is 10.2. The summed E-state index contributed by atoms with van der Waals surface area (Å²) < 4.78 is 0. The van der Waals surface area contributed by atoms with Crippen LogP contribution in [0.1, 0.15) is 23.7 Å². The maximum Gasteiger partial charge on any atom is 0.231 e. The second kappa shape index (κ2) is 7.16. The average molecular weight is 307 g/mol. The van der Waals surface area contributed by atoms with E-state index in [9.17, 15) is 0 Å². The zero-order valence-electron chi connectivity index (χ0n) is 12.8. The highest BCUT2D eigenvalue weighted by atomic mass is 32.1. The van der Waals surface area contributed by atoms with Gasteiger partial charge in [-0.15, -0.1) is 11.3 Å². The zero-order chi connectivity index (χ0) is 15.2. The van der Waals surface area contributed by atoms with Crippen LogP contribution in [0.2, 0.25) is 0 Å². The van der Waals surface area contributed by atoms with E-state index in [0.29, 0.717) is 24.4 Å². The van der Waals surface area contributed by atoms with Gasteiger partial charge in [-0.05, 0) is 20.8 Å². The van der Waals surface area contributed by atoms with E-state index in [1.54, 1.807) is 18.4 Å². The molecule has 0 radical (unpaired) electrons. The van der Waals surface area contributed by atoms with Gasteiger partial charge in [-0.1, -0.05) is 0 Å². The van der Waals surface area contributed by atoms with Crippen LogP contribution in [-0.4, -0.2) is 40.1 Å². The Morgan fingerprint density at radius 1 is 1.14 bits per heavy atom. The highest BCUT2D eigenvalue weighted by Gasteiger charge is 2.10. The number of anilines is 3. The summed E-state index contributed by atoms with van der Waals surface area (Å²) >= 11 is 1.67. The van der Waals surface area contributed by atoms with Crippen molar-refractivity contribution >= 4 is 29.2 Å². The van der Waals surface area contributed by atoms with Gasteiger partial charge in [0.05, 0.1) is 11.6 Å². The standard InChI is InChI=1S/C13H21N7S/c1-5-20(6-2)13-18-11(14-4)17-12(19-13)16-8-10-7-15-9(3)21-10/h7H,5-6,8H2,1-4H3,(H2,14,16,17,18,19). The van der Waals surface area contributed by atoms with Crippen LogP contribution < -0.4 is 15.5 Å². The minimum absolute atomic E-state index is 0.565. The molecule has 8 heteroatoms. The molecule has 0 aromatic carbocycles. The van der Waals surface area contributed by atoms with Crippen molar-refractivity contribution in [3.05, 3.63) is 16.1 Å². The van der Waals surface area contributed by atoms with Crippen LogP contribution >= 0.6 is 11.3 Å². The molecule has 0 fully saturated rings. The summed E-state index contributed by atoms with van der Waals surface area (Å²) in [6.45, 7) is 8.54. The third-order valence-electron chi connectivity index (χ3n) is 2.98. The summed E-state index contributed by atoms with van der Waals surface area (Å²) in [4.78, 5) is 20.7. The van der Waals surface area contributed by atoms with E-state index in [1.807, 2.05) is 13.1 Å². The van der Waals surface area contributed by atoms with Gasteiger partial charge in [0.1, 0.15) is 0 Å². The van der Waals surface area contributed by atoms with Crippen LogP contribution in [0.3, 0.4) is 0 Å². The minimum atomic E-state index is 0.565. The average Bonchev–Trinajstić information content (AvgIpc) is 2.92. The monoisotopic (exact) mass is 307 g/mol. The Kier molecular flexibility index (Phi) is 5.26. The molecular formula is C13H21N7S. The number of nitrogens with zero attached hydrogens (tertiary/aromatic N) is 5. The third kappa shape index (κ3) is 4.01. The zero-order valence-corrected chi connectivity index (χ0v) is 13.7. The molecule has 0 spiro atoms. The van der Waals surface area contributed by atoms with Gasteiger partial charge in [0.2, 0.25) is 17.8 Å². The molecule has 21 heavy (non-hydrogen) atoms. The highest BCUT2D eigenvalue weighted by molar-refractivity contribution is 7.11. The van der Waals surface area contributed by atoms with Gasteiger partial charge in [0, 0.05) is 31.2 Å². The van der Waals surface area contributed by atoms with Crippen molar-refractivity contribution in [3.63, 3.8) is 0 Å². The Morgan fingerprint density at radius 2 is 1.86 bits per heavy atom. The van der Waals surface area contributed by atoms with E-state index < -0.39 is 0 Å². The number of aromatic nitrogens is 4. The number of rotatable bonds is 7. The fourth-order valence-electron chi connectivity index (χ4n) is 1.86. The van der Waals surface area contributed by atoms with Crippen LogP contribution in [0.5, 0.6) is 0 Å². The predicted octanol–water partition coefficient (Wildman–Crippen LogP) is 2.14. The molecule has 2 aromatic heterocycles. The first-order valence-electron chi connectivity index (χ1n) is 7.00. The second-order valence-corrected chi connectivity index (χ2v) is 5.72. The van der Waals surface area contributed by atoms with Crippen LogP contribution in [0.15, 0.2) is 6.20 Å². The van der Waals surface area contributed by atoms with Gasteiger partial charge >= 0.3 is 0 Å². The summed E-state index contributed by atoms with van der Waals surface area (Å²) in [5.41, 5.74) is 0. The molecule has 2 N–H and O–H groups in total. The molecule has 2 heterocycles. The topological polar surface area (TPSA) is 78.9 Å². The Labute approximate surface area is 128 Å². The summed E-state index contributed by atoms with van der Waals surface area (Å²) in [5.74, 6) is 1.82. The lowest BCUT2D eigenvalue weighted by Gasteiger charge is -2.19. The minimum Gasteiger partial charge on any atom is -0.357 e. The Hall–Kier alpha value is -1.96. The van der Waals surface area contributed by atoms with Crippen LogP contribution in [-0.2, 0) is 6.54 Å². The lowest BCUT2D eigenvalue weighted by Crippen LogP contribution is -2.25. The lowest BCUT2D eigenvalue weighted by molar-refractivity contribution is 0.813. The van der Waals surface area contributed by atoms with Crippen molar-refractivity contribution in [2.45, 2.75) is 27.3 Å². The molecule has 0 amide bonds. The maximum absolute atomic E-state index is 4.48. The quantitative estimate of drug-likeness (QED) is 0.811. The molecule has 0 atom stereocenters. The molecule has 0 saturated heterocycles. The van der Waals surface area contributed by atoms with Gasteiger partial charge < -0.3 is 15.5 Å². The fraction of sp³-hybridized carbons (Fsp3) is 0.538. The largest absolute Gasteiger partial charge is 0.357 e. The lowest BCUT2D eigenvalue weighted by atomic mass is 10.5. The molecule has 0 unspecified atom stereocenters. The molecule has 7 nitrogen and oxygen atoms in total. The van der Waals surface area contributed by atoms with Crippen LogP contribution in [0, 0.1) is 6.92 Å². The van der Waals surface area contributed by atoms with Gasteiger partial charge in [-0.2, -0.15) is 15.0 Å². The van der Waals surface area contributed by atoms with Gasteiger partial charge in [-0.3, -0.25) is 0 Å². The highest BCUT2D eigenvalue weighted by Crippen LogP contribution is 2.16. The normalized spacial score (nSPS) is 10.5. The number of thiazole rings is 1. The number of hydrogen-bond acceptors (Lipinski definition) is 8. The maximum atomic E-state index is 4.48. The van der Waals surface area contributed by atoms with E-state index >= 15 is 0 Å². The predicted molar refractivity (Wildman–Crippen MR) is 87.1 cm³/mol. The van der Waals surface area contributed by atoms with Crippen molar-refractivity contribution in [2.24, 2.45) is 0 Å². The van der Waals surface area contributed by atoms with E-state index in [4.69, 9.17) is 0 Å². The van der Waals surface area contributed by atoms with Crippen LogP contribution in [0.25, 0.3) is 0 Å². The van der Waals surface area contributed by atoms with Crippen molar-refractivity contribution in [3.8, 4) is 0 Å². The summed E-state index contributed by atoms with van der Waals surface area (Å²) in [5, 5.41) is 7.27. The summed E-state index contributed by atoms with van der Waals surface area (Å²) in [6, 6.07) is 0. The SMILES string of the molecule is CCN(CC)c1nc(NC)nc(NCc2cnc(C)s2)n1. The van der Waals surface area contributed by atoms with Gasteiger partial charge in [0.25, 0.3) is 0 Å². The summed E-state index contributed by atoms with van der Waals surface area (Å²) in [6.07, 6.45) is 1.87. The smallest absolute Gasteiger partial charge is 0.231 e. The van der Waals surface area contributed by atoms with Crippen LogP contribution in [0.4, 0.5) is 17.8 Å². The van der Waals surface area contributed by atoms with Crippen molar-refractivity contribution < 1.29 is 0 Å². The Balaban J connectivity index is 2.16. The van der Waals surface area contributed by atoms with Crippen molar-refractivity contribution in [1.29, 1.82) is 0 Å².